The zero-order chi connectivity index (χ0) is 26.7. The minimum atomic E-state index is -3.71. The van der Waals surface area contributed by atoms with Gasteiger partial charge in [-0.3, -0.25) is 4.98 Å². The van der Waals surface area contributed by atoms with E-state index in [2.05, 4.69) is 9.88 Å². The van der Waals surface area contributed by atoms with E-state index in [1.807, 2.05) is 48.7 Å². The molecule has 38 heavy (non-hydrogen) atoms. The summed E-state index contributed by atoms with van der Waals surface area (Å²) in [7, 11) is -2.11. The molecule has 2 aromatic heterocycles. The molecule has 9 heteroatoms. The van der Waals surface area contributed by atoms with Gasteiger partial charge in [0, 0.05) is 54.2 Å². The number of rotatable bonds is 9. The summed E-state index contributed by atoms with van der Waals surface area (Å²) in [6.07, 6.45) is 5.02. The van der Waals surface area contributed by atoms with Crippen molar-refractivity contribution in [2.75, 3.05) is 18.6 Å². The summed E-state index contributed by atoms with van der Waals surface area (Å²) in [5.74, 6) is 1.20. The van der Waals surface area contributed by atoms with Crippen molar-refractivity contribution < 1.29 is 22.6 Å². The third-order valence-electron chi connectivity index (χ3n) is 6.56. The van der Waals surface area contributed by atoms with Crippen LogP contribution in [0.4, 0.5) is 11.4 Å². The maximum Gasteiger partial charge on any atom is 0.268 e. The third kappa shape index (κ3) is 5.25. The molecule has 1 unspecified atom stereocenters. The van der Waals surface area contributed by atoms with Crippen LogP contribution >= 0.6 is 0 Å². The molecule has 8 nitrogen and oxygen atoms in total. The molecule has 0 spiro atoms. The van der Waals surface area contributed by atoms with E-state index in [9.17, 15) is 8.42 Å². The molecule has 4 aromatic rings. The first kappa shape index (κ1) is 25.8. The van der Waals surface area contributed by atoms with Gasteiger partial charge in [-0.15, -0.1) is 0 Å². The van der Waals surface area contributed by atoms with Crippen LogP contribution in [-0.2, 0) is 21.3 Å². The lowest BCUT2D eigenvalue weighted by Crippen LogP contribution is -2.19. The first-order chi connectivity index (χ1) is 18.4. The zero-order valence-corrected chi connectivity index (χ0v) is 22.5. The first-order valence-electron chi connectivity index (χ1n) is 12.5. The molecule has 1 atom stereocenters. The van der Waals surface area contributed by atoms with Crippen molar-refractivity contribution in [1.29, 1.82) is 0 Å². The van der Waals surface area contributed by atoms with E-state index in [0.29, 0.717) is 36.0 Å². The molecule has 2 aromatic carbocycles. The minimum absolute atomic E-state index is 0.224. The van der Waals surface area contributed by atoms with Crippen LogP contribution in [-0.4, -0.2) is 37.4 Å². The summed E-state index contributed by atoms with van der Waals surface area (Å²) in [4.78, 5) is 6.57. The fourth-order valence-corrected chi connectivity index (χ4v) is 6.22. The number of nitrogens with zero attached hydrogens (tertiary/aromatic N) is 3. The average molecular weight is 534 g/mol. The van der Waals surface area contributed by atoms with Crippen LogP contribution in [0.25, 0.3) is 0 Å². The van der Waals surface area contributed by atoms with E-state index < -0.39 is 10.0 Å². The first-order valence-corrected chi connectivity index (χ1v) is 13.9. The lowest BCUT2D eigenvalue weighted by molar-refractivity contribution is -0.0402. The van der Waals surface area contributed by atoms with Crippen molar-refractivity contribution in [1.82, 2.24) is 8.96 Å². The molecule has 0 aliphatic carbocycles. The normalized spacial score (nSPS) is 15.4. The largest absolute Gasteiger partial charge is 0.493 e. The second-order valence-electron chi connectivity index (χ2n) is 9.22. The quantitative estimate of drug-likeness (QED) is 0.277. The Morgan fingerprint density at radius 2 is 1.74 bits per heavy atom. The highest BCUT2D eigenvalue weighted by Crippen LogP contribution is 2.37. The number of pyridine rings is 1. The molecule has 3 heterocycles. The predicted molar refractivity (Wildman–Crippen MR) is 146 cm³/mol. The van der Waals surface area contributed by atoms with Gasteiger partial charge in [-0.25, -0.2) is 12.4 Å². The van der Waals surface area contributed by atoms with Gasteiger partial charge in [0.25, 0.3) is 10.0 Å². The molecular weight excluding hydrogens is 502 g/mol. The Bertz CT molecular complexity index is 1480. The number of anilines is 2. The number of hydrogen-bond acceptors (Lipinski definition) is 7. The van der Waals surface area contributed by atoms with Crippen LogP contribution in [0.1, 0.15) is 29.8 Å². The number of aromatic nitrogens is 2. The molecule has 0 N–H and O–H groups in total. The number of benzene rings is 2. The molecule has 1 aliphatic rings. The second-order valence-corrected chi connectivity index (χ2v) is 11.0. The Hall–Kier alpha value is -3.82. The van der Waals surface area contributed by atoms with Crippen LogP contribution < -0.4 is 14.4 Å². The van der Waals surface area contributed by atoms with Gasteiger partial charge >= 0.3 is 0 Å². The molecular formula is C29H31N3O5S. The maximum absolute atomic E-state index is 13.4. The van der Waals surface area contributed by atoms with Crippen molar-refractivity contribution in [3.63, 3.8) is 0 Å². The highest BCUT2D eigenvalue weighted by atomic mass is 32.2. The molecule has 198 valence electrons. The molecule has 1 fully saturated rings. The Kier molecular flexibility index (Phi) is 7.40. The lowest BCUT2D eigenvalue weighted by Gasteiger charge is -2.27. The summed E-state index contributed by atoms with van der Waals surface area (Å²) in [5.41, 5.74) is 4.01. The summed E-state index contributed by atoms with van der Waals surface area (Å²) < 4.78 is 45.4. The summed E-state index contributed by atoms with van der Waals surface area (Å²) in [6, 6.07) is 20.2. The monoisotopic (exact) mass is 533 g/mol. The molecule has 0 bridgehead atoms. The number of methoxy groups -OCH3 is 1. The Morgan fingerprint density at radius 1 is 1.00 bits per heavy atom. The van der Waals surface area contributed by atoms with Crippen LogP contribution in [0.5, 0.6) is 11.5 Å². The number of ether oxygens (including phenoxy) is 3. The van der Waals surface area contributed by atoms with Crippen molar-refractivity contribution in [3.8, 4) is 11.5 Å². The smallest absolute Gasteiger partial charge is 0.268 e. The summed E-state index contributed by atoms with van der Waals surface area (Å²) in [6.45, 7) is 4.77. The predicted octanol–water partition coefficient (Wildman–Crippen LogP) is 5.60. The van der Waals surface area contributed by atoms with Gasteiger partial charge in [0.1, 0.15) is 0 Å². The van der Waals surface area contributed by atoms with Gasteiger partial charge in [-0.05, 0) is 80.4 Å². The van der Waals surface area contributed by atoms with Gasteiger partial charge in [-0.2, -0.15) is 0 Å². The standard InChI is InChI=1S/C29H31N3O5S/c1-21-8-9-22(2)32(21)38(33,34)26-13-10-24(11-14-26)31(20-23-6-4-16-30-19-23)25-12-15-27(35-3)28(18-25)37-29-7-5-17-36-29/h4,6,8-16,18-19,29H,5,7,17,20H2,1-3H3. The van der Waals surface area contributed by atoms with E-state index in [0.717, 1.165) is 29.8 Å². The number of hydrogen-bond donors (Lipinski definition) is 0. The molecule has 1 saturated heterocycles. The van der Waals surface area contributed by atoms with Crippen molar-refractivity contribution in [2.24, 2.45) is 0 Å². The lowest BCUT2D eigenvalue weighted by atomic mass is 10.2. The van der Waals surface area contributed by atoms with Gasteiger partial charge in [0.15, 0.2) is 17.8 Å². The third-order valence-corrected chi connectivity index (χ3v) is 8.49. The Morgan fingerprint density at radius 3 is 2.37 bits per heavy atom. The summed E-state index contributed by atoms with van der Waals surface area (Å²) >= 11 is 0. The molecule has 0 amide bonds. The van der Waals surface area contributed by atoms with E-state index >= 15 is 0 Å². The van der Waals surface area contributed by atoms with Gasteiger partial charge in [-0.1, -0.05) is 6.07 Å². The average Bonchev–Trinajstić information content (AvgIpc) is 3.57. The fraction of sp³-hybridized carbons (Fsp3) is 0.276. The van der Waals surface area contributed by atoms with E-state index in [1.54, 1.807) is 51.4 Å². The Labute approximate surface area is 223 Å². The van der Waals surface area contributed by atoms with E-state index in [4.69, 9.17) is 14.2 Å². The second kappa shape index (κ2) is 10.9. The molecule has 1 aliphatic heterocycles. The van der Waals surface area contributed by atoms with Gasteiger partial charge in [0.2, 0.25) is 0 Å². The van der Waals surface area contributed by atoms with Crippen LogP contribution in [0.15, 0.2) is 84.0 Å². The van der Waals surface area contributed by atoms with Crippen LogP contribution in [0.3, 0.4) is 0 Å². The van der Waals surface area contributed by atoms with Gasteiger partial charge < -0.3 is 19.1 Å². The van der Waals surface area contributed by atoms with Crippen LogP contribution in [0.2, 0.25) is 0 Å². The van der Waals surface area contributed by atoms with Crippen molar-refractivity contribution in [3.05, 3.63) is 96.1 Å². The highest BCUT2D eigenvalue weighted by Gasteiger charge is 2.23. The molecule has 0 radical (unpaired) electrons. The fourth-order valence-electron chi connectivity index (χ4n) is 4.65. The molecule has 0 saturated carbocycles. The number of aryl methyl sites for hydroxylation is 2. The van der Waals surface area contributed by atoms with Gasteiger partial charge in [0.05, 0.1) is 18.6 Å². The van der Waals surface area contributed by atoms with E-state index in [1.165, 1.54) is 3.97 Å². The van der Waals surface area contributed by atoms with Crippen LogP contribution in [0, 0.1) is 13.8 Å². The van der Waals surface area contributed by atoms with Crippen molar-refractivity contribution >= 4 is 21.4 Å². The topological polar surface area (TPSA) is 82.9 Å². The van der Waals surface area contributed by atoms with E-state index in [-0.39, 0.29) is 11.2 Å². The Balaban J connectivity index is 1.52. The maximum atomic E-state index is 13.4. The zero-order valence-electron chi connectivity index (χ0n) is 21.7. The SMILES string of the molecule is COc1ccc(N(Cc2cccnc2)c2ccc(S(=O)(=O)n3c(C)ccc3C)cc2)cc1OC1CCCO1. The minimum Gasteiger partial charge on any atom is -0.493 e. The highest BCUT2D eigenvalue weighted by molar-refractivity contribution is 7.90. The summed E-state index contributed by atoms with van der Waals surface area (Å²) in [5, 5.41) is 0. The molecule has 5 rings (SSSR count). The van der Waals surface area contributed by atoms with Crippen molar-refractivity contribution in [2.45, 2.75) is 44.4 Å².